The number of ketones is 1. The third-order valence-corrected chi connectivity index (χ3v) is 3.60. The lowest BCUT2D eigenvalue weighted by molar-refractivity contribution is 0.0991. The maximum atomic E-state index is 13.8. The molecule has 0 atom stereocenters. The number of carbonyl (C=O) groups excluding carboxylic acids is 1. The standard InChI is InChI=1S/C15H12BrF2NO/c1-8-2-5-13(19)10(6-8)14(20)7-9-12(17)4-3-11(16)15(9)18/h2-6H,7,19H2,1H3. The van der Waals surface area contributed by atoms with E-state index >= 15 is 0 Å². The van der Waals surface area contributed by atoms with E-state index in [-0.39, 0.29) is 22.0 Å². The average molecular weight is 340 g/mol. The van der Waals surface area contributed by atoms with Crippen molar-refractivity contribution in [3.63, 3.8) is 0 Å². The molecule has 20 heavy (non-hydrogen) atoms. The third-order valence-electron chi connectivity index (χ3n) is 2.99. The number of halogens is 3. The summed E-state index contributed by atoms with van der Waals surface area (Å²) < 4.78 is 27.6. The van der Waals surface area contributed by atoms with Crippen molar-refractivity contribution in [3.05, 3.63) is 63.1 Å². The number of hydrogen-bond acceptors (Lipinski definition) is 2. The zero-order valence-electron chi connectivity index (χ0n) is 10.7. The van der Waals surface area contributed by atoms with E-state index in [1.54, 1.807) is 18.2 Å². The molecule has 0 saturated heterocycles. The Kier molecular flexibility index (Phi) is 4.18. The smallest absolute Gasteiger partial charge is 0.169 e. The van der Waals surface area contributed by atoms with E-state index in [4.69, 9.17) is 5.73 Å². The normalized spacial score (nSPS) is 10.6. The summed E-state index contributed by atoms with van der Waals surface area (Å²) in [6, 6.07) is 7.38. The Labute approximate surface area is 123 Å². The number of nitrogen functional groups attached to an aromatic ring is 1. The average Bonchev–Trinajstić information content (AvgIpc) is 2.41. The Hall–Kier alpha value is -1.75. The zero-order valence-corrected chi connectivity index (χ0v) is 12.3. The summed E-state index contributed by atoms with van der Waals surface area (Å²) in [6.07, 6.45) is -0.370. The first kappa shape index (κ1) is 14.7. The van der Waals surface area contributed by atoms with Crippen molar-refractivity contribution in [2.24, 2.45) is 0 Å². The summed E-state index contributed by atoms with van der Waals surface area (Å²) in [4.78, 5) is 12.2. The molecule has 0 unspecified atom stereocenters. The molecule has 0 amide bonds. The maximum Gasteiger partial charge on any atom is 0.169 e. The first-order valence-electron chi connectivity index (χ1n) is 5.92. The summed E-state index contributed by atoms with van der Waals surface area (Å²) in [5.74, 6) is -1.92. The van der Waals surface area contributed by atoms with Gasteiger partial charge in [0.1, 0.15) is 11.6 Å². The summed E-state index contributed by atoms with van der Waals surface area (Å²) in [7, 11) is 0. The van der Waals surface area contributed by atoms with Gasteiger partial charge in [-0.2, -0.15) is 0 Å². The Bertz CT molecular complexity index is 686. The van der Waals surface area contributed by atoms with E-state index in [0.29, 0.717) is 5.69 Å². The molecule has 2 nitrogen and oxygen atoms in total. The van der Waals surface area contributed by atoms with Gasteiger partial charge in [0.25, 0.3) is 0 Å². The fraction of sp³-hybridized carbons (Fsp3) is 0.133. The van der Waals surface area contributed by atoms with Crippen molar-refractivity contribution in [1.29, 1.82) is 0 Å². The molecular formula is C15H12BrF2NO. The molecule has 0 bridgehead atoms. The number of nitrogens with two attached hydrogens (primary N) is 1. The van der Waals surface area contributed by atoms with Crippen molar-refractivity contribution in [2.75, 3.05) is 5.73 Å². The number of carbonyl (C=O) groups is 1. The van der Waals surface area contributed by atoms with Crippen molar-refractivity contribution < 1.29 is 13.6 Å². The fourth-order valence-electron chi connectivity index (χ4n) is 1.90. The molecule has 2 N–H and O–H groups in total. The highest BCUT2D eigenvalue weighted by Gasteiger charge is 2.18. The van der Waals surface area contributed by atoms with Gasteiger partial charge in [0, 0.05) is 23.2 Å². The second-order valence-corrected chi connectivity index (χ2v) is 5.37. The van der Waals surface area contributed by atoms with Crippen molar-refractivity contribution in [2.45, 2.75) is 13.3 Å². The molecule has 0 aliphatic carbocycles. The first-order chi connectivity index (χ1) is 9.40. The molecule has 0 radical (unpaired) electrons. The van der Waals surface area contributed by atoms with Crippen LogP contribution in [0, 0.1) is 18.6 Å². The van der Waals surface area contributed by atoms with E-state index < -0.39 is 17.4 Å². The summed E-state index contributed by atoms with van der Waals surface area (Å²) in [5, 5.41) is 0. The first-order valence-corrected chi connectivity index (χ1v) is 6.71. The summed E-state index contributed by atoms with van der Waals surface area (Å²) in [5.41, 5.74) is 6.92. The minimum atomic E-state index is -0.760. The highest BCUT2D eigenvalue weighted by atomic mass is 79.9. The van der Waals surface area contributed by atoms with Crippen LogP contribution in [0.25, 0.3) is 0 Å². The van der Waals surface area contributed by atoms with Crippen LogP contribution in [-0.2, 0) is 6.42 Å². The van der Waals surface area contributed by atoms with Gasteiger partial charge in [-0.05, 0) is 47.1 Å². The number of aryl methyl sites for hydroxylation is 1. The molecule has 2 rings (SSSR count). The van der Waals surface area contributed by atoms with Crippen LogP contribution >= 0.6 is 15.9 Å². The van der Waals surface area contributed by atoms with Crippen LogP contribution < -0.4 is 5.73 Å². The monoisotopic (exact) mass is 339 g/mol. The Morgan fingerprint density at radius 2 is 1.95 bits per heavy atom. The minimum Gasteiger partial charge on any atom is -0.398 e. The number of Topliss-reactive ketones (excluding diaryl/α,β-unsaturated/α-hetero) is 1. The van der Waals surface area contributed by atoms with Gasteiger partial charge in [-0.3, -0.25) is 4.79 Å². The van der Waals surface area contributed by atoms with Crippen LogP contribution in [-0.4, -0.2) is 5.78 Å². The number of hydrogen-bond donors (Lipinski definition) is 1. The molecular weight excluding hydrogens is 328 g/mol. The van der Waals surface area contributed by atoms with Crippen LogP contribution in [0.4, 0.5) is 14.5 Å². The van der Waals surface area contributed by atoms with Gasteiger partial charge in [0.2, 0.25) is 0 Å². The SMILES string of the molecule is Cc1ccc(N)c(C(=O)Cc2c(F)ccc(Br)c2F)c1. The van der Waals surface area contributed by atoms with E-state index in [2.05, 4.69) is 15.9 Å². The zero-order chi connectivity index (χ0) is 14.9. The molecule has 0 saturated carbocycles. The lowest BCUT2D eigenvalue weighted by atomic mass is 9.99. The van der Waals surface area contributed by atoms with Gasteiger partial charge in [-0.1, -0.05) is 11.6 Å². The highest BCUT2D eigenvalue weighted by molar-refractivity contribution is 9.10. The molecule has 5 heteroatoms. The van der Waals surface area contributed by atoms with Crippen LogP contribution in [0.15, 0.2) is 34.8 Å². The van der Waals surface area contributed by atoms with Gasteiger partial charge in [-0.25, -0.2) is 8.78 Å². The molecule has 0 fully saturated rings. The molecule has 0 aliphatic rings. The predicted octanol–water partition coefficient (Wildman–Crippen LogP) is 4.04. The van der Waals surface area contributed by atoms with Crippen molar-refractivity contribution in [1.82, 2.24) is 0 Å². The fourth-order valence-corrected chi connectivity index (χ4v) is 2.27. The lowest BCUT2D eigenvalue weighted by Gasteiger charge is -2.08. The molecule has 0 aromatic heterocycles. The van der Waals surface area contributed by atoms with Crippen LogP contribution in [0.5, 0.6) is 0 Å². The van der Waals surface area contributed by atoms with Gasteiger partial charge < -0.3 is 5.73 Å². The molecule has 2 aromatic rings. The van der Waals surface area contributed by atoms with Crippen LogP contribution in [0.2, 0.25) is 0 Å². The molecule has 0 heterocycles. The molecule has 0 spiro atoms. The second-order valence-electron chi connectivity index (χ2n) is 4.51. The highest BCUT2D eigenvalue weighted by Crippen LogP contribution is 2.24. The van der Waals surface area contributed by atoms with E-state index in [1.165, 1.54) is 6.07 Å². The lowest BCUT2D eigenvalue weighted by Crippen LogP contribution is -2.10. The van der Waals surface area contributed by atoms with E-state index in [0.717, 1.165) is 11.6 Å². The largest absolute Gasteiger partial charge is 0.398 e. The molecule has 104 valence electrons. The third kappa shape index (κ3) is 2.88. The van der Waals surface area contributed by atoms with Gasteiger partial charge in [0.05, 0.1) is 4.47 Å². The number of rotatable bonds is 3. The van der Waals surface area contributed by atoms with Crippen molar-refractivity contribution in [3.8, 4) is 0 Å². The molecule has 0 aliphatic heterocycles. The predicted molar refractivity (Wildman–Crippen MR) is 77.7 cm³/mol. The van der Waals surface area contributed by atoms with Gasteiger partial charge in [-0.15, -0.1) is 0 Å². The quantitative estimate of drug-likeness (QED) is 0.521. The molecule has 2 aromatic carbocycles. The second kappa shape index (κ2) is 5.71. The minimum absolute atomic E-state index is 0.124. The van der Waals surface area contributed by atoms with E-state index in [1.807, 2.05) is 6.92 Å². The topological polar surface area (TPSA) is 43.1 Å². The summed E-state index contributed by atoms with van der Waals surface area (Å²) in [6.45, 7) is 1.82. The van der Waals surface area contributed by atoms with E-state index in [9.17, 15) is 13.6 Å². The Morgan fingerprint density at radius 3 is 2.65 bits per heavy atom. The maximum absolute atomic E-state index is 13.8. The van der Waals surface area contributed by atoms with Crippen LogP contribution in [0.3, 0.4) is 0 Å². The van der Waals surface area contributed by atoms with Gasteiger partial charge in [0.15, 0.2) is 5.78 Å². The van der Waals surface area contributed by atoms with Crippen molar-refractivity contribution >= 4 is 27.4 Å². The van der Waals surface area contributed by atoms with Crippen LogP contribution in [0.1, 0.15) is 21.5 Å². The summed E-state index contributed by atoms with van der Waals surface area (Å²) >= 11 is 2.97. The Morgan fingerprint density at radius 1 is 1.25 bits per heavy atom. The number of anilines is 1. The number of benzene rings is 2. The van der Waals surface area contributed by atoms with Gasteiger partial charge >= 0.3 is 0 Å². The Balaban J connectivity index is 2.38.